The summed E-state index contributed by atoms with van der Waals surface area (Å²) in [5.41, 5.74) is 2.35. The van der Waals surface area contributed by atoms with E-state index in [2.05, 4.69) is 38.8 Å². The number of nitrogens with zero attached hydrogens (tertiary/aromatic N) is 5. The van der Waals surface area contributed by atoms with Crippen LogP contribution in [0.1, 0.15) is 20.3 Å². The first-order chi connectivity index (χ1) is 18.3. The fourth-order valence-corrected chi connectivity index (χ4v) is 5.94. The molecule has 6 rings (SSSR count). The van der Waals surface area contributed by atoms with E-state index >= 15 is 0 Å². The van der Waals surface area contributed by atoms with Crippen molar-refractivity contribution in [3.05, 3.63) is 70.9 Å². The third kappa shape index (κ3) is 5.41. The summed E-state index contributed by atoms with van der Waals surface area (Å²) >= 11 is 0. The Hall–Kier alpha value is -3.18. The molecule has 1 saturated heterocycles. The predicted octanol–water partition coefficient (Wildman–Crippen LogP) is 4.87. The van der Waals surface area contributed by atoms with Crippen LogP contribution in [0, 0.1) is 11.6 Å². The SMILES string of the molecule is CC1CN(CCCn2cc(-n3c(-c4cn(C)c5ccc(F)cc45)n[nH]c3=O)c3cc(F)ccc32)CC(C)N1.Cl.Cl. The number of rotatable bonds is 6. The molecule has 4 heterocycles. The lowest BCUT2D eigenvalue weighted by molar-refractivity contribution is 0.170. The number of halogens is 4. The average Bonchev–Trinajstić information content (AvgIpc) is 3.51. The van der Waals surface area contributed by atoms with Crippen LogP contribution in [0.2, 0.25) is 0 Å². The van der Waals surface area contributed by atoms with Gasteiger partial charge >= 0.3 is 5.69 Å². The van der Waals surface area contributed by atoms with E-state index in [4.69, 9.17) is 0 Å². The van der Waals surface area contributed by atoms with Gasteiger partial charge in [-0.3, -0.25) is 0 Å². The number of hydrogen-bond acceptors (Lipinski definition) is 4. The topological polar surface area (TPSA) is 75.8 Å². The van der Waals surface area contributed by atoms with Gasteiger partial charge in [0.05, 0.1) is 11.2 Å². The number of nitrogens with one attached hydrogen (secondary N) is 2. The van der Waals surface area contributed by atoms with E-state index in [1.54, 1.807) is 12.1 Å². The molecule has 3 aromatic heterocycles. The number of piperazine rings is 1. The van der Waals surface area contributed by atoms with Gasteiger partial charge in [0.25, 0.3) is 0 Å². The van der Waals surface area contributed by atoms with E-state index in [-0.39, 0.29) is 36.4 Å². The molecule has 1 aliphatic heterocycles. The Kier molecular flexibility index (Phi) is 8.75. The van der Waals surface area contributed by atoms with Crippen LogP contribution in [0.25, 0.3) is 38.9 Å². The largest absolute Gasteiger partial charge is 0.350 e. The summed E-state index contributed by atoms with van der Waals surface area (Å²) in [5.74, 6) is -0.412. The minimum absolute atomic E-state index is 0. The van der Waals surface area contributed by atoms with Gasteiger partial charge in [-0.1, -0.05) is 0 Å². The smallest absolute Gasteiger partial charge is 0.348 e. The van der Waals surface area contributed by atoms with Gasteiger partial charge in [-0.05, 0) is 63.2 Å². The molecule has 0 spiro atoms. The molecule has 0 radical (unpaired) electrons. The molecule has 0 saturated carbocycles. The molecule has 12 heteroatoms. The number of aryl methyl sites for hydroxylation is 2. The molecule has 0 aliphatic carbocycles. The fourth-order valence-electron chi connectivity index (χ4n) is 5.94. The second-order valence-corrected chi connectivity index (χ2v) is 10.5. The predicted molar refractivity (Wildman–Crippen MR) is 159 cm³/mol. The Morgan fingerprint density at radius 2 is 1.57 bits per heavy atom. The maximum atomic E-state index is 14.4. The summed E-state index contributed by atoms with van der Waals surface area (Å²) in [6.45, 7) is 8.08. The van der Waals surface area contributed by atoms with Gasteiger partial charge in [-0.2, -0.15) is 5.10 Å². The van der Waals surface area contributed by atoms with Gasteiger partial charge in [0.2, 0.25) is 0 Å². The molecular formula is C28H33Cl2F2N7O. The minimum Gasteiger partial charge on any atom is -0.350 e. The van der Waals surface area contributed by atoms with Crippen LogP contribution < -0.4 is 11.0 Å². The summed E-state index contributed by atoms with van der Waals surface area (Å²) in [6, 6.07) is 10.1. The Labute approximate surface area is 242 Å². The first-order valence-corrected chi connectivity index (χ1v) is 13.0. The summed E-state index contributed by atoms with van der Waals surface area (Å²) in [4.78, 5) is 15.6. The van der Waals surface area contributed by atoms with Crippen molar-refractivity contribution in [2.45, 2.75) is 38.9 Å². The van der Waals surface area contributed by atoms with Crippen molar-refractivity contribution in [1.29, 1.82) is 0 Å². The van der Waals surface area contributed by atoms with E-state index in [9.17, 15) is 13.6 Å². The lowest BCUT2D eigenvalue weighted by Crippen LogP contribution is -2.54. The molecule has 0 bridgehead atoms. The molecule has 40 heavy (non-hydrogen) atoms. The maximum Gasteiger partial charge on any atom is 0.348 e. The highest BCUT2D eigenvalue weighted by Gasteiger charge is 2.23. The monoisotopic (exact) mass is 591 g/mol. The first-order valence-electron chi connectivity index (χ1n) is 13.0. The molecule has 2 unspecified atom stereocenters. The average molecular weight is 593 g/mol. The Bertz CT molecular complexity index is 1700. The van der Waals surface area contributed by atoms with Gasteiger partial charge < -0.3 is 19.4 Å². The minimum atomic E-state index is -0.444. The number of fused-ring (bicyclic) bond motifs is 2. The second-order valence-electron chi connectivity index (χ2n) is 10.5. The van der Waals surface area contributed by atoms with E-state index < -0.39 is 5.69 Å². The molecule has 2 atom stereocenters. The van der Waals surface area contributed by atoms with Gasteiger partial charge in [0.15, 0.2) is 5.82 Å². The third-order valence-corrected chi connectivity index (χ3v) is 7.43. The van der Waals surface area contributed by atoms with Gasteiger partial charge in [-0.25, -0.2) is 23.2 Å². The summed E-state index contributed by atoms with van der Waals surface area (Å²) in [7, 11) is 1.86. The number of benzene rings is 2. The zero-order chi connectivity index (χ0) is 26.6. The second kappa shape index (κ2) is 11.7. The normalized spacial score (nSPS) is 17.7. The van der Waals surface area contributed by atoms with E-state index in [0.29, 0.717) is 39.9 Å². The summed E-state index contributed by atoms with van der Waals surface area (Å²) < 4.78 is 34.0. The molecule has 5 aromatic rings. The Morgan fingerprint density at radius 3 is 2.27 bits per heavy atom. The first kappa shape index (κ1) is 29.8. The molecule has 214 valence electrons. The lowest BCUT2D eigenvalue weighted by atomic mass is 10.1. The van der Waals surface area contributed by atoms with E-state index in [1.807, 2.05) is 24.0 Å². The zero-order valence-electron chi connectivity index (χ0n) is 22.5. The summed E-state index contributed by atoms with van der Waals surface area (Å²) in [5, 5.41) is 11.7. The molecule has 2 N–H and O–H groups in total. The number of aromatic amines is 1. The van der Waals surface area contributed by atoms with Crippen LogP contribution in [-0.4, -0.2) is 60.5 Å². The summed E-state index contributed by atoms with van der Waals surface area (Å²) in [6.07, 6.45) is 4.63. The lowest BCUT2D eigenvalue weighted by Gasteiger charge is -2.36. The van der Waals surface area contributed by atoms with Crippen LogP contribution in [0.15, 0.2) is 53.6 Å². The standard InChI is InChI=1S/C28H31F2N7O.2ClH/c1-17-13-35(14-18(2)31-17)9-4-10-36-16-26(22-12-20(30)6-8-25(22)36)37-27(32-33-28(37)38)23-15-34(3)24-7-5-19(29)11-21(23)24;;/h5-8,11-12,15-18,31H,4,9-10,13-14H2,1-3H3,(H,33,38);2*1H. The molecule has 1 aliphatic rings. The van der Waals surface area contributed by atoms with Crippen LogP contribution >= 0.6 is 24.8 Å². The highest BCUT2D eigenvalue weighted by atomic mass is 35.5. The van der Waals surface area contributed by atoms with E-state index in [1.165, 1.54) is 28.8 Å². The zero-order valence-corrected chi connectivity index (χ0v) is 24.2. The molecule has 1 fully saturated rings. The van der Waals surface area contributed by atoms with Crippen molar-refractivity contribution in [2.24, 2.45) is 7.05 Å². The van der Waals surface area contributed by atoms with Crippen molar-refractivity contribution in [3.8, 4) is 17.1 Å². The van der Waals surface area contributed by atoms with Gasteiger partial charge in [0, 0.05) is 73.0 Å². The van der Waals surface area contributed by atoms with Crippen LogP contribution in [0.4, 0.5) is 8.78 Å². The van der Waals surface area contributed by atoms with E-state index in [0.717, 1.165) is 43.6 Å². The Morgan fingerprint density at radius 1 is 0.925 bits per heavy atom. The quantitative estimate of drug-likeness (QED) is 0.295. The van der Waals surface area contributed by atoms with Crippen molar-refractivity contribution >= 4 is 46.6 Å². The van der Waals surface area contributed by atoms with Gasteiger partial charge in [-0.15, -0.1) is 24.8 Å². The number of aromatic nitrogens is 5. The highest BCUT2D eigenvalue weighted by molar-refractivity contribution is 5.96. The van der Waals surface area contributed by atoms with Crippen LogP contribution in [0.5, 0.6) is 0 Å². The third-order valence-electron chi connectivity index (χ3n) is 7.43. The maximum absolute atomic E-state index is 14.4. The number of H-pyrrole nitrogens is 1. The molecular weight excluding hydrogens is 559 g/mol. The van der Waals surface area contributed by atoms with Crippen LogP contribution in [0.3, 0.4) is 0 Å². The molecule has 8 nitrogen and oxygen atoms in total. The van der Waals surface area contributed by atoms with Crippen molar-refractivity contribution < 1.29 is 8.78 Å². The fraction of sp³-hybridized carbons (Fsp3) is 0.357. The molecule has 2 aromatic carbocycles. The van der Waals surface area contributed by atoms with Crippen LogP contribution in [-0.2, 0) is 13.6 Å². The number of hydrogen-bond donors (Lipinski definition) is 2. The van der Waals surface area contributed by atoms with Crippen molar-refractivity contribution in [1.82, 2.24) is 34.1 Å². The molecule has 0 amide bonds. The van der Waals surface area contributed by atoms with Crippen molar-refractivity contribution in [2.75, 3.05) is 19.6 Å². The van der Waals surface area contributed by atoms with Gasteiger partial charge in [0.1, 0.15) is 11.6 Å². The highest BCUT2D eigenvalue weighted by Crippen LogP contribution is 2.33. The Balaban J connectivity index is 0.00000185. The van der Waals surface area contributed by atoms with Crippen molar-refractivity contribution in [3.63, 3.8) is 0 Å².